The topological polar surface area (TPSA) is 37.3 Å². The van der Waals surface area contributed by atoms with Crippen LogP contribution in [-0.4, -0.2) is 28.8 Å². The van der Waals surface area contributed by atoms with Gasteiger partial charge >= 0.3 is 51.5 Å². The van der Waals surface area contributed by atoms with Gasteiger partial charge in [-0.1, -0.05) is 0 Å². The van der Waals surface area contributed by atoms with Crippen LogP contribution in [0.4, 0.5) is 0 Å². The summed E-state index contributed by atoms with van der Waals surface area (Å²) in [7, 11) is 0. The van der Waals surface area contributed by atoms with Crippen molar-refractivity contribution in [3.63, 3.8) is 0 Å². The molecule has 3 heteroatoms. The molecule has 0 aromatic carbocycles. The van der Waals surface area contributed by atoms with Gasteiger partial charge in [0.05, 0.1) is 0 Å². The molecule has 0 aromatic heterocycles. The van der Waals surface area contributed by atoms with Crippen LogP contribution in [0.1, 0.15) is 6.92 Å². The molecule has 0 aromatic rings. The molecular formula is C4H7LiO2. The summed E-state index contributed by atoms with van der Waals surface area (Å²) in [5.74, 6) is -0.887. The van der Waals surface area contributed by atoms with Crippen molar-refractivity contribution in [2.24, 2.45) is 5.92 Å². The molecule has 0 saturated heterocycles. The zero-order chi connectivity index (χ0) is 5.86. The van der Waals surface area contributed by atoms with Crippen LogP contribution >= 0.6 is 0 Å². The molecule has 0 bridgehead atoms. The van der Waals surface area contributed by atoms with Crippen molar-refractivity contribution in [3.05, 3.63) is 0 Å². The van der Waals surface area contributed by atoms with E-state index in [1.807, 2.05) is 17.7 Å². The molecule has 0 amide bonds. The van der Waals surface area contributed by atoms with E-state index in [4.69, 9.17) is 5.11 Å². The summed E-state index contributed by atoms with van der Waals surface area (Å²) in [6, 6.07) is 0. The summed E-state index contributed by atoms with van der Waals surface area (Å²) < 4.78 is 0. The average Bonchev–Trinajstić information content (AvgIpc) is 1.65. The van der Waals surface area contributed by atoms with Crippen LogP contribution in [-0.2, 0) is 4.79 Å². The van der Waals surface area contributed by atoms with E-state index < -0.39 is 5.97 Å². The summed E-state index contributed by atoms with van der Waals surface area (Å²) in [5, 5.41) is 8.90. The molecule has 0 fully saturated rings. The maximum absolute atomic E-state index is 9.93. The fraction of sp³-hybridized carbons (Fsp3) is 0.750. The molecule has 0 saturated carbocycles. The van der Waals surface area contributed by atoms with Gasteiger partial charge in [0.1, 0.15) is 0 Å². The third-order valence-electron chi connectivity index (χ3n) is 1.03. The van der Waals surface area contributed by atoms with Crippen molar-refractivity contribution in [2.75, 3.05) is 0 Å². The molecule has 7 heavy (non-hydrogen) atoms. The third kappa shape index (κ3) is 2.73. The Kier molecular flexibility index (Phi) is 3.15. The van der Waals surface area contributed by atoms with Crippen molar-refractivity contribution in [1.29, 1.82) is 0 Å². The standard InChI is InChI=1S/C4H7O2.Li/c1-3(2)4(5)6;/h3H,1H2,2H3,(H,5,6);. The van der Waals surface area contributed by atoms with E-state index in [0.29, 0.717) is 0 Å². The van der Waals surface area contributed by atoms with Crippen molar-refractivity contribution < 1.29 is 9.90 Å². The first kappa shape index (κ1) is 7.07. The number of carboxylic acids is 1. The Morgan fingerprint density at radius 1 is 2.00 bits per heavy atom. The predicted octanol–water partition coefficient (Wildman–Crippen LogP) is 0.294. The van der Waals surface area contributed by atoms with Crippen molar-refractivity contribution >= 4 is 23.7 Å². The van der Waals surface area contributed by atoms with Crippen molar-refractivity contribution in [3.8, 4) is 0 Å². The number of carbonyl (C=O) groups is 1. The van der Waals surface area contributed by atoms with Gasteiger partial charge < -0.3 is 0 Å². The fourth-order valence-electron chi connectivity index (χ4n) is 0.175. The van der Waals surface area contributed by atoms with Crippen LogP contribution in [0.5, 0.6) is 0 Å². The van der Waals surface area contributed by atoms with Crippen molar-refractivity contribution in [1.82, 2.24) is 0 Å². The summed E-state index contributed by atoms with van der Waals surface area (Å²) in [6.45, 7) is 1.70. The van der Waals surface area contributed by atoms with E-state index in [0.717, 1.165) is 5.09 Å². The molecule has 1 unspecified atom stereocenters. The van der Waals surface area contributed by atoms with Gasteiger partial charge in [-0.15, -0.1) is 0 Å². The second kappa shape index (κ2) is 3.12. The molecule has 36 valence electrons. The Hall–Kier alpha value is 0.0674. The van der Waals surface area contributed by atoms with E-state index in [9.17, 15) is 4.79 Å². The molecule has 0 radical (unpaired) electrons. The first-order valence-electron chi connectivity index (χ1n) is 2.41. The first-order chi connectivity index (χ1) is 3.18. The first-order valence-corrected chi connectivity index (χ1v) is 2.41. The molecule has 0 aliphatic carbocycles. The van der Waals surface area contributed by atoms with Gasteiger partial charge in [0.2, 0.25) is 0 Å². The monoisotopic (exact) mass is 94.1 g/mol. The molecule has 0 aliphatic rings. The van der Waals surface area contributed by atoms with Gasteiger partial charge in [-0.3, -0.25) is 0 Å². The van der Waals surface area contributed by atoms with Gasteiger partial charge in [0.25, 0.3) is 0 Å². The van der Waals surface area contributed by atoms with E-state index in [1.54, 1.807) is 6.92 Å². The number of carboxylic acid groups (broad SMARTS) is 1. The van der Waals surface area contributed by atoms with Crippen LogP contribution in [0.15, 0.2) is 0 Å². The SMILES string of the molecule is [Li][CH2]C(C)C(=O)O. The van der Waals surface area contributed by atoms with Gasteiger partial charge in [-0.25, -0.2) is 0 Å². The number of aliphatic carboxylic acids is 1. The Labute approximate surface area is 52.1 Å². The van der Waals surface area contributed by atoms with Crippen LogP contribution in [0.2, 0.25) is 5.09 Å². The Balaban J connectivity index is 3.34. The minimum absolute atomic E-state index is 0.181. The van der Waals surface area contributed by atoms with E-state index in [2.05, 4.69) is 0 Å². The normalized spacial score (nSPS) is 13.6. The molecule has 0 spiro atoms. The summed E-state index contributed by atoms with van der Waals surface area (Å²) >= 11 is 1.86. The minimum atomic E-state index is -0.706. The molecule has 0 aliphatic heterocycles. The number of hydrogen-bond donors (Lipinski definition) is 1. The molecule has 0 heterocycles. The summed E-state index contributed by atoms with van der Waals surface area (Å²) in [4.78, 5) is 9.93. The maximum atomic E-state index is 9.93. The van der Waals surface area contributed by atoms with Gasteiger partial charge in [0, 0.05) is 0 Å². The molecular weight excluding hydrogens is 87.0 g/mol. The molecule has 1 N–H and O–H groups in total. The Morgan fingerprint density at radius 2 is 2.43 bits per heavy atom. The van der Waals surface area contributed by atoms with Crippen LogP contribution in [0.3, 0.4) is 0 Å². The van der Waals surface area contributed by atoms with Crippen LogP contribution in [0, 0.1) is 5.92 Å². The molecule has 1 atom stereocenters. The van der Waals surface area contributed by atoms with E-state index in [-0.39, 0.29) is 5.92 Å². The zero-order valence-electron chi connectivity index (χ0n) is 4.64. The predicted molar refractivity (Wildman–Crippen MR) is 27.4 cm³/mol. The van der Waals surface area contributed by atoms with Crippen LogP contribution < -0.4 is 0 Å². The second-order valence-corrected chi connectivity index (χ2v) is 1.65. The zero-order valence-corrected chi connectivity index (χ0v) is 4.64. The van der Waals surface area contributed by atoms with Gasteiger partial charge in [0.15, 0.2) is 0 Å². The Morgan fingerprint density at radius 3 is 2.43 bits per heavy atom. The van der Waals surface area contributed by atoms with Crippen LogP contribution in [0.25, 0.3) is 0 Å². The summed E-state index contributed by atoms with van der Waals surface area (Å²) in [5.41, 5.74) is 0. The second-order valence-electron chi connectivity index (χ2n) is 1.65. The van der Waals surface area contributed by atoms with Gasteiger partial charge in [-0.2, -0.15) is 0 Å². The summed E-state index contributed by atoms with van der Waals surface area (Å²) in [6.07, 6.45) is 0. The van der Waals surface area contributed by atoms with E-state index >= 15 is 0 Å². The average molecular weight is 94.0 g/mol. The number of hydrogen-bond acceptors (Lipinski definition) is 1. The quantitative estimate of drug-likeness (QED) is 0.499. The Bertz CT molecular complexity index is 72.1. The molecule has 2 nitrogen and oxygen atoms in total. The van der Waals surface area contributed by atoms with Gasteiger partial charge in [-0.05, 0) is 0 Å². The fourth-order valence-corrected chi connectivity index (χ4v) is 0.175. The molecule has 0 rings (SSSR count). The van der Waals surface area contributed by atoms with Crippen molar-refractivity contribution in [2.45, 2.75) is 12.0 Å². The van der Waals surface area contributed by atoms with E-state index in [1.165, 1.54) is 0 Å². The third-order valence-corrected chi connectivity index (χ3v) is 1.03. The number of rotatable bonds is 2.